The first-order chi connectivity index (χ1) is 1.73. The van der Waals surface area contributed by atoms with Gasteiger partial charge in [-0.15, -0.1) is 0 Å². The summed E-state index contributed by atoms with van der Waals surface area (Å²) < 4.78 is 0. The van der Waals surface area contributed by atoms with Crippen molar-refractivity contribution >= 4 is 90.0 Å². The standard InChI is InChI=1S/CH2O3.Ca.2ClH.2Mg.H2O.2H/c2-1(3)4;;;;;;;;/h(H2,2,3,4);;2*1H;;;1H2;;/q;+2;;;2*+2;;2*-1/p-4. The molecule has 0 aliphatic rings. The molecule has 0 bridgehead atoms. The molecule has 0 aromatic carbocycles. The van der Waals surface area contributed by atoms with Gasteiger partial charge in [0.15, 0.2) is 0 Å². The third-order valence-electron chi connectivity index (χ3n) is 0. The summed E-state index contributed by atoms with van der Waals surface area (Å²) in [5.74, 6) is 0. The minimum atomic E-state index is -2.33. The van der Waals surface area contributed by atoms with E-state index in [2.05, 4.69) is 0 Å². The van der Waals surface area contributed by atoms with Crippen molar-refractivity contribution in [1.29, 1.82) is 0 Å². The van der Waals surface area contributed by atoms with Gasteiger partial charge >= 0.3 is 83.8 Å². The minimum Gasteiger partial charge on any atom is -1.00 e. The van der Waals surface area contributed by atoms with E-state index in [1.807, 2.05) is 0 Å². The van der Waals surface area contributed by atoms with Gasteiger partial charge in [-0.2, -0.15) is 0 Å². The van der Waals surface area contributed by atoms with Gasteiger partial charge in [0, 0.05) is 0 Å². The van der Waals surface area contributed by atoms with E-state index >= 15 is 0 Å². The first kappa shape index (κ1) is 54.1. The van der Waals surface area contributed by atoms with Crippen molar-refractivity contribution in [1.82, 2.24) is 0 Å². The van der Waals surface area contributed by atoms with Crippen molar-refractivity contribution in [2.75, 3.05) is 0 Å². The third kappa shape index (κ3) is 144. The van der Waals surface area contributed by atoms with Crippen molar-refractivity contribution in [3.05, 3.63) is 0 Å². The van der Waals surface area contributed by atoms with E-state index in [4.69, 9.17) is 15.0 Å². The van der Waals surface area contributed by atoms with Crippen molar-refractivity contribution in [2.45, 2.75) is 0 Å². The summed E-state index contributed by atoms with van der Waals surface area (Å²) in [5.41, 5.74) is 0. The van der Waals surface area contributed by atoms with Crippen LogP contribution < -0.4 is 35.0 Å². The predicted molar refractivity (Wildman–Crippen MR) is 28.5 cm³/mol. The van der Waals surface area contributed by atoms with Crippen LogP contribution >= 0.6 is 0 Å². The van der Waals surface area contributed by atoms with Crippen LogP contribution in [0.3, 0.4) is 0 Å². The van der Waals surface area contributed by atoms with Gasteiger partial charge in [-0.25, -0.2) is 0 Å². The molecule has 0 saturated heterocycles. The Hall–Kier alpha value is 2.60. The maximum Gasteiger partial charge on any atom is 2.00 e. The topological polar surface area (TPSA) is 94.7 Å². The SMILES string of the molecule is O.O=C([O-])[O-].[Ca+2].[Cl-].[Cl-].[H-].[H-].[Mg+2].[Mg+2]. The van der Waals surface area contributed by atoms with Gasteiger partial charge in [-0.1, -0.05) is 0 Å². The van der Waals surface area contributed by atoms with Crippen molar-refractivity contribution < 1.29 is 48.2 Å². The average molecular weight is 240 g/mol. The summed E-state index contributed by atoms with van der Waals surface area (Å²) in [5, 5.41) is 16.7. The van der Waals surface area contributed by atoms with Crippen LogP contribution in [0.25, 0.3) is 0 Å². The quantitative estimate of drug-likeness (QED) is 0.393. The zero-order valence-corrected chi connectivity index (χ0v) is 11.7. The van der Waals surface area contributed by atoms with E-state index in [0.717, 1.165) is 0 Å². The third-order valence-corrected chi connectivity index (χ3v) is 0. The van der Waals surface area contributed by atoms with Gasteiger partial charge in [0.05, 0.1) is 0 Å². The molecule has 52 valence electrons. The first-order valence-corrected chi connectivity index (χ1v) is 0.612. The Bertz CT molecular complexity index is 52.0. The molecule has 0 saturated carbocycles. The van der Waals surface area contributed by atoms with E-state index in [-0.39, 0.29) is 117 Å². The van der Waals surface area contributed by atoms with Gasteiger partial charge in [0.2, 0.25) is 0 Å². The Morgan fingerprint density at radius 1 is 1.10 bits per heavy atom. The smallest absolute Gasteiger partial charge is 1.00 e. The van der Waals surface area contributed by atoms with Gasteiger partial charge in [-0.05, 0) is 6.16 Å². The molecule has 0 fully saturated rings. The number of carbonyl (C=O) groups excluding carboxylic acids is 1. The Labute approximate surface area is 136 Å². The largest absolute Gasteiger partial charge is 2.00 e. The van der Waals surface area contributed by atoms with Crippen LogP contribution in [0.2, 0.25) is 0 Å². The van der Waals surface area contributed by atoms with Gasteiger partial charge in [-0.3, -0.25) is 0 Å². The van der Waals surface area contributed by atoms with E-state index < -0.39 is 6.16 Å². The van der Waals surface area contributed by atoms with E-state index in [9.17, 15) is 0 Å². The van der Waals surface area contributed by atoms with Crippen molar-refractivity contribution in [3.63, 3.8) is 0 Å². The second kappa shape index (κ2) is 41.6. The zero-order chi connectivity index (χ0) is 3.58. The number of carboxylic acid groups (broad SMARTS) is 2. The molecule has 0 atom stereocenters. The van der Waals surface area contributed by atoms with E-state index in [0.29, 0.717) is 0 Å². The molecule has 0 aliphatic carbocycles. The Morgan fingerprint density at radius 3 is 1.10 bits per heavy atom. The number of hydrogen-bond acceptors (Lipinski definition) is 3. The number of halogens is 2. The zero-order valence-electron chi connectivity index (χ0n) is 7.10. The van der Waals surface area contributed by atoms with Crippen LogP contribution in [-0.4, -0.2) is 95.5 Å². The molecule has 0 aromatic heterocycles. The normalized spacial score (nSPS) is 2.40. The molecule has 2 N–H and O–H groups in total. The Kier molecular flexibility index (Phi) is 225. The van der Waals surface area contributed by atoms with Crippen LogP contribution in [0.4, 0.5) is 4.79 Å². The second-order valence-electron chi connectivity index (χ2n) is 0.250. The van der Waals surface area contributed by atoms with E-state index in [1.165, 1.54) is 0 Å². The summed E-state index contributed by atoms with van der Waals surface area (Å²) in [7, 11) is 0. The molecule has 0 unspecified atom stereocenters. The maximum absolute atomic E-state index is 8.33. The second-order valence-corrected chi connectivity index (χ2v) is 0.250. The summed E-state index contributed by atoms with van der Waals surface area (Å²) in [6.45, 7) is 0. The number of hydrogen-bond donors (Lipinski definition) is 0. The first-order valence-electron chi connectivity index (χ1n) is 0.612. The van der Waals surface area contributed by atoms with Crippen LogP contribution in [0, 0.1) is 0 Å². The van der Waals surface area contributed by atoms with Crippen LogP contribution in [0.5, 0.6) is 0 Å². The van der Waals surface area contributed by atoms with Crippen molar-refractivity contribution in [3.8, 4) is 0 Å². The van der Waals surface area contributed by atoms with Crippen LogP contribution in [-0.2, 0) is 0 Å². The molecule has 0 rings (SSSR count). The number of carbonyl (C=O) groups is 1. The molecule has 0 aliphatic heterocycles. The summed E-state index contributed by atoms with van der Waals surface area (Å²) in [4.78, 5) is 8.33. The molecule has 10 heavy (non-hydrogen) atoms. The van der Waals surface area contributed by atoms with Crippen LogP contribution in [0.15, 0.2) is 0 Å². The monoisotopic (exact) mass is 238 g/mol. The molecule has 0 aromatic rings. The van der Waals surface area contributed by atoms with Crippen LogP contribution in [0.1, 0.15) is 2.85 Å². The van der Waals surface area contributed by atoms with Crippen molar-refractivity contribution in [2.24, 2.45) is 0 Å². The molecule has 4 nitrogen and oxygen atoms in total. The number of rotatable bonds is 0. The van der Waals surface area contributed by atoms with Gasteiger partial charge in [0.1, 0.15) is 0 Å². The molecular weight excluding hydrogens is 236 g/mol. The summed E-state index contributed by atoms with van der Waals surface area (Å²) in [6, 6.07) is 0. The molecule has 9 heteroatoms. The van der Waals surface area contributed by atoms with Gasteiger partial charge < -0.3 is 48.2 Å². The molecule has 0 heterocycles. The van der Waals surface area contributed by atoms with E-state index in [1.54, 1.807) is 0 Å². The summed E-state index contributed by atoms with van der Waals surface area (Å²) >= 11 is 0. The fourth-order valence-corrected chi connectivity index (χ4v) is 0. The molecule has 0 spiro atoms. The summed E-state index contributed by atoms with van der Waals surface area (Å²) in [6.07, 6.45) is -2.33. The Balaban J connectivity index is -0.00000000161. The average Bonchev–Trinajstić information content (AvgIpc) is 0.811. The maximum atomic E-state index is 8.33. The van der Waals surface area contributed by atoms with Gasteiger partial charge in [0.25, 0.3) is 0 Å². The fourth-order valence-electron chi connectivity index (χ4n) is 0. The molecular formula is CH4CaCl2Mg2O4. The predicted octanol–water partition coefficient (Wildman–Crippen LogP) is -10.2. The minimum absolute atomic E-state index is 0. The Morgan fingerprint density at radius 2 is 1.10 bits per heavy atom. The fraction of sp³-hybridized carbons (Fsp3) is 0. The molecule has 0 amide bonds. The molecule has 0 radical (unpaired) electrons.